The van der Waals surface area contributed by atoms with Gasteiger partial charge in [0.15, 0.2) is 0 Å². The molecule has 2 N–H and O–H groups in total. The Bertz CT molecular complexity index is 486. The summed E-state index contributed by atoms with van der Waals surface area (Å²) in [5.41, 5.74) is 0.338. The van der Waals surface area contributed by atoms with E-state index < -0.39 is 11.9 Å². The lowest BCUT2D eigenvalue weighted by atomic mass is 10.1. The Kier molecular flexibility index (Phi) is 7.13. The molecule has 0 radical (unpaired) electrons. The van der Waals surface area contributed by atoms with Crippen LogP contribution in [0.15, 0.2) is 18.2 Å². The third-order valence-corrected chi connectivity index (χ3v) is 3.03. The third kappa shape index (κ3) is 6.11. The summed E-state index contributed by atoms with van der Waals surface area (Å²) < 4.78 is 19.0. The minimum absolute atomic E-state index is 0.0428. The minimum Gasteiger partial charge on any atom is -0.389 e. The first-order valence-electron chi connectivity index (χ1n) is 7.16. The summed E-state index contributed by atoms with van der Waals surface area (Å²) in [6.07, 6.45) is 0.306. The van der Waals surface area contributed by atoms with E-state index in [4.69, 9.17) is 10.00 Å². The Morgan fingerprint density at radius 1 is 1.38 bits per heavy atom. The van der Waals surface area contributed by atoms with Gasteiger partial charge in [-0.25, -0.2) is 4.39 Å². The van der Waals surface area contributed by atoms with Gasteiger partial charge in [0.05, 0.1) is 24.5 Å². The molecule has 1 aromatic rings. The number of ether oxygens (including phenoxy) is 1. The van der Waals surface area contributed by atoms with Crippen molar-refractivity contribution in [3.8, 4) is 6.07 Å². The van der Waals surface area contributed by atoms with Gasteiger partial charge >= 0.3 is 0 Å². The molecule has 0 bridgehead atoms. The predicted molar refractivity (Wildman–Crippen MR) is 80.5 cm³/mol. The average Bonchev–Trinajstić information content (AvgIpc) is 2.42. The van der Waals surface area contributed by atoms with Crippen molar-refractivity contribution in [1.29, 1.82) is 5.26 Å². The highest BCUT2D eigenvalue weighted by Crippen LogP contribution is 2.17. The highest BCUT2D eigenvalue weighted by atomic mass is 19.1. The number of nitrogens with zero attached hydrogens (tertiary/aromatic N) is 1. The van der Waals surface area contributed by atoms with E-state index in [1.807, 2.05) is 13.0 Å². The average molecular weight is 294 g/mol. The number of aliphatic hydroxyl groups is 1. The molecule has 0 fully saturated rings. The van der Waals surface area contributed by atoms with Crippen LogP contribution in [-0.4, -0.2) is 30.5 Å². The van der Waals surface area contributed by atoms with Crippen molar-refractivity contribution in [1.82, 2.24) is 0 Å². The standard InChI is InChI=1S/C16H23FN2O2/c1-11(2)7-12(3)21-10-13(20)9-19-16-6-4-5-15(17)14(16)8-18/h4-6,11-13,19-20H,7,9-10H2,1-3H3. The van der Waals surface area contributed by atoms with E-state index in [0.29, 0.717) is 11.6 Å². The Balaban J connectivity index is 2.42. The molecule has 116 valence electrons. The van der Waals surface area contributed by atoms with Crippen LogP contribution in [0, 0.1) is 23.1 Å². The molecule has 0 amide bonds. The fourth-order valence-corrected chi connectivity index (χ4v) is 2.08. The fraction of sp³-hybridized carbons (Fsp3) is 0.562. The normalized spacial score (nSPS) is 13.8. The number of nitrogens with one attached hydrogen (secondary N) is 1. The number of hydrogen-bond acceptors (Lipinski definition) is 4. The lowest BCUT2D eigenvalue weighted by molar-refractivity contribution is -0.00443. The topological polar surface area (TPSA) is 65.3 Å². The van der Waals surface area contributed by atoms with Gasteiger partial charge in [-0.05, 0) is 31.4 Å². The summed E-state index contributed by atoms with van der Waals surface area (Å²) >= 11 is 0. The third-order valence-electron chi connectivity index (χ3n) is 3.03. The van der Waals surface area contributed by atoms with Crippen LogP contribution < -0.4 is 5.32 Å². The van der Waals surface area contributed by atoms with Crippen molar-refractivity contribution in [3.63, 3.8) is 0 Å². The van der Waals surface area contributed by atoms with Crippen LogP contribution in [0.5, 0.6) is 0 Å². The van der Waals surface area contributed by atoms with Crippen LogP contribution in [0.3, 0.4) is 0 Å². The molecular formula is C16H23FN2O2. The smallest absolute Gasteiger partial charge is 0.143 e. The van der Waals surface area contributed by atoms with Gasteiger partial charge < -0.3 is 15.2 Å². The molecule has 0 aliphatic heterocycles. The maximum Gasteiger partial charge on any atom is 0.143 e. The summed E-state index contributed by atoms with van der Waals surface area (Å²) in [5, 5.41) is 21.6. The van der Waals surface area contributed by atoms with Gasteiger partial charge in [-0.2, -0.15) is 5.26 Å². The van der Waals surface area contributed by atoms with Gasteiger partial charge in [0.2, 0.25) is 0 Å². The SMILES string of the molecule is CC(C)CC(C)OCC(O)CNc1cccc(F)c1C#N. The molecule has 0 aromatic heterocycles. The summed E-state index contributed by atoms with van der Waals surface area (Å²) in [6, 6.07) is 6.17. The quantitative estimate of drug-likeness (QED) is 0.773. The minimum atomic E-state index is -0.713. The first-order chi connectivity index (χ1) is 9.93. The molecule has 1 rings (SSSR count). The molecule has 0 heterocycles. The number of rotatable bonds is 8. The molecule has 0 saturated carbocycles. The van der Waals surface area contributed by atoms with Crippen molar-refractivity contribution in [2.24, 2.45) is 5.92 Å². The van der Waals surface area contributed by atoms with E-state index in [1.54, 1.807) is 6.07 Å². The van der Waals surface area contributed by atoms with Gasteiger partial charge in [-0.3, -0.25) is 0 Å². The number of halogens is 1. The molecule has 4 nitrogen and oxygen atoms in total. The molecule has 0 aliphatic carbocycles. The Labute approximate surface area is 125 Å². The highest BCUT2D eigenvalue weighted by Gasteiger charge is 2.12. The molecule has 0 spiro atoms. The second kappa shape index (κ2) is 8.60. The zero-order valence-corrected chi connectivity index (χ0v) is 12.8. The summed E-state index contributed by atoms with van der Waals surface area (Å²) in [6.45, 7) is 6.61. The van der Waals surface area contributed by atoms with Crippen LogP contribution in [0.4, 0.5) is 10.1 Å². The number of benzene rings is 1. The van der Waals surface area contributed by atoms with Gasteiger partial charge in [-0.1, -0.05) is 19.9 Å². The van der Waals surface area contributed by atoms with Crippen LogP contribution in [-0.2, 0) is 4.74 Å². The molecule has 1 aromatic carbocycles. The molecule has 0 saturated heterocycles. The van der Waals surface area contributed by atoms with Crippen LogP contribution >= 0.6 is 0 Å². The van der Waals surface area contributed by atoms with E-state index in [9.17, 15) is 9.50 Å². The van der Waals surface area contributed by atoms with Gasteiger partial charge in [0, 0.05) is 6.54 Å². The molecule has 5 heteroatoms. The fourth-order valence-electron chi connectivity index (χ4n) is 2.08. The summed E-state index contributed by atoms with van der Waals surface area (Å²) in [5.74, 6) is -0.0282. The second-order valence-electron chi connectivity index (χ2n) is 5.58. The molecule has 2 atom stereocenters. The second-order valence-corrected chi connectivity index (χ2v) is 5.58. The zero-order chi connectivity index (χ0) is 15.8. The maximum atomic E-state index is 13.4. The van der Waals surface area contributed by atoms with Crippen LogP contribution in [0.2, 0.25) is 0 Å². The van der Waals surface area contributed by atoms with E-state index in [0.717, 1.165) is 6.42 Å². The van der Waals surface area contributed by atoms with Crippen molar-refractivity contribution in [3.05, 3.63) is 29.6 Å². The molecular weight excluding hydrogens is 271 g/mol. The Hall–Kier alpha value is -1.64. The number of hydrogen-bond donors (Lipinski definition) is 2. The first kappa shape index (κ1) is 17.4. The largest absolute Gasteiger partial charge is 0.389 e. The van der Waals surface area contributed by atoms with Gasteiger partial charge in [0.25, 0.3) is 0 Å². The number of nitriles is 1. The van der Waals surface area contributed by atoms with Gasteiger partial charge in [-0.15, -0.1) is 0 Å². The zero-order valence-electron chi connectivity index (χ0n) is 12.8. The Morgan fingerprint density at radius 2 is 2.10 bits per heavy atom. The van der Waals surface area contributed by atoms with E-state index in [1.165, 1.54) is 12.1 Å². The maximum absolute atomic E-state index is 13.4. The van der Waals surface area contributed by atoms with E-state index in [2.05, 4.69) is 19.2 Å². The Morgan fingerprint density at radius 3 is 2.71 bits per heavy atom. The van der Waals surface area contributed by atoms with Crippen LogP contribution in [0.1, 0.15) is 32.8 Å². The predicted octanol–water partition coefficient (Wildman–Crippen LogP) is 2.92. The summed E-state index contributed by atoms with van der Waals surface area (Å²) in [4.78, 5) is 0. The first-order valence-corrected chi connectivity index (χ1v) is 7.16. The molecule has 0 aliphatic rings. The lowest BCUT2D eigenvalue weighted by Crippen LogP contribution is -2.27. The molecule has 21 heavy (non-hydrogen) atoms. The van der Waals surface area contributed by atoms with Crippen LogP contribution in [0.25, 0.3) is 0 Å². The highest BCUT2D eigenvalue weighted by molar-refractivity contribution is 5.57. The molecule has 2 unspecified atom stereocenters. The summed E-state index contributed by atoms with van der Waals surface area (Å²) in [7, 11) is 0. The van der Waals surface area contributed by atoms with Gasteiger partial charge in [0.1, 0.15) is 17.4 Å². The van der Waals surface area contributed by atoms with Crippen molar-refractivity contribution in [2.45, 2.75) is 39.4 Å². The van der Waals surface area contributed by atoms with Crippen molar-refractivity contribution < 1.29 is 14.2 Å². The monoisotopic (exact) mass is 294 g/mol. The number of anilines is 1. The van der Waals surface area contributed by atoms with Crippen molar-refractivity contribution >= 4 is 5.69 Å². The van der Waals surface area contributed by atoms with E-state index in [-0.39, 0.29) is 24.8 Å². The lowest BCUT2D eigenvalue weighted by Gasteiger charge is -2.18. The number of aliphatic hydroxyl groups excluding tert-OH is 1. The van der Waals surface area contributed by atoms with E-state index >= 15 is 0 Å². The van der Waals surface area contributed by atoms with Crippen molar-refractivity contribution in [2.75, 3.05) is 18.5 Å².